The molecule has 0 aliphatic heterocycles. The number of hydrogen-bond donors (Lipinski definition) is 1. The molecule has 0 fully saturated rings. The lowest BCUT2D eigenvalue weighted by atomic mass is 9.74. The van der Waals surface area contributed by atoms with Crippen molar-refractivity contribution in [1.29, 1.82) is 0 Å². The maximum absolute atomic E-state index is 14.1. The van der Waals surface area contributed by atoms with Crippen molar-refractivity contribution < 1.29 is 74.4 Å². The number of quaternary nitrogens is 1. The monoisotopic (exact) mass is 573 g/mol. The van der Waals surface area contributed by atoms with E-state index in [-0.39, 0.29) is 17.6 Å². The number of halogens is 14. The predicted octanol–water partition coefficient (Wildman–Crippen LogP) is 5.27. The van der Waals surface area contributed by atoms with E-state index in [1.54, 1.807) is 21.1 Å². The van der Waals surface area contributed by atoms with Gasteiger partial charge >= 0.3 is 24.7 Å². The van der Waals surface area contributed by atoms with Crippen LogP contribution in [0.25, 0.3) is 0 Å². The number of alkyl halides is 14. The molecule has 0 rings (SSSR count). The lowest BCUT2D eigenvalue weighted by Crippen LogP contribution is -2.61. The van der Waals surface area contributed by atoms with Crippen molar-refractivity contribution >= 4 is 10.0 Å². The SMILES string of the molecule is C[N+](C)(C)CCNS(=O)(=O)CCC(F)(F)CC(CC(C(F)(F)F)(C(F)(F)F)C(F)(F)F)C(F)(F)F. The molecular weight excluding hydrogens is 550 g/mol. The van der Waals surface area contributed by atoms with Crippen LogP contribution in [0.1, 0.15) is 19.3 Å². The van der Waals surface area contributed by atoms with Gasteiger partial charge in [-0.3, -0.25) is 0 Å². The van der Waals surface area contributed by atoms with Crippen LogP contribution in [-0.2, 0) is 10.0 Å². The van der Waals surface area contributed by atoms with E-state index in [4.69, 9.17) is 0 Å². The molecule has 0 spiro atoms. The van der Waals surface area contributed by atoms with E-state index in [0.717, 1.165) is 0 Å². The van der Waals surface area contributed by atoms with E-state index >= 15 is 0 Å². The second kappa shape index (κ2) is 10.3. The topological polar surface area (TPSA) is 46.2 Å². The number of likely N-dealkylation sites (N-methyl/N-ethyl adjacent to an activating group) is 1. The molecule has 0 aliphatic rings. The first kappa shape index (κ1) is 33.9. The van der Waals surface area contributed by atoms with Crippen LogP contribution in [0.5, 0.6) is 0 Å². The van der Waals surface area contributed by atoms with Gasteiger partial charge in [-0.1, -0.05) is 0 Å². The fraction of sp³-hybridized carbons (Fsp3) is 1.00. The smallest absolute Gasteiger partial charge is 0.330 e. The predicted molar refractivity (Wildman–Crippen MR) is 93.6 cm³/mol. The van der Waals surface area contributed by atoms with Gasteiger partial charge in [-0.25, -0.2) is 21.9 Å². The number of nitrogens with one attached hydrogen (secondary N) is 1. The molecule has 19 heteroatoms. The standard InChI is InChI=1S/C16H23F14N2O2S/c1-32(2,3)6-5-31-35(33,34)7-4-11(17,18)8-10(13(19,20)21)9-12(14(22,23)24,15(25,26)27)16(28,29)30/h10,31H,4-9H2,1-3H3/q+1. The summed E-state index contributed by atoms with van der Waals surface area (Å²) in [7, 11) is 0.267. The van der Waals surface area contributed by atoms with Gasteiger partial charge in [0.05, 0.1) is 45.9 Å². The van der Waals surface area contributed by atoms with Gasteiger partial charge < -0.3 is 4.48 Å². The lowest BCUT2D eigenvalue weighted by Gasteiger charge is -2.41. The number of nitrogens with zero attached hydrogens (tertiary/aromatic N) is 1. The third-order valence-corrected chi connectivity index (χ3v) is 6.24. The van der Waals surface area contributed by atoms with E-state index in [1.807, 2.05) is 4.72 Å². The first-order chi connectivity index (χ1) is 15.0. The van der Waals surface area contributed by atoms with Crippen LogP contribution in [0.2, 0.25) is 0 Å². The molecule has 0 bridgehead atoms. The summed E-state index contributed by atoms with van der Waals surface area (Å²) >= 11 is 0. The summed E-state index contributed by atoms with van der Waals surface area (Å²) in [6.45, 7) is -0.186. The molecule has 0 saturated carbocycles. The molecule has 1 atom stereocenters. The van der Waals surface area contributed by atoms with Crippen molar-refractivity contribution in [1.82, 2.24) is 4.72 Å². The summed E-state index contributed by atoms with van der Waals surface area (Å²) < 4.78 is 210. The van der Waals surface area contributed by atoms with Gasteiger partial charge in [0.15, 0.2) is 0 Å². The Balaban J connectivity index is 5.94. The first-order valence-electron chi connectivity index (χ1n) is 9.40. The van der Waals surface area contributed by atoms with Gasteiger partial charge in [-0.15, -0.1) is 0 Å². The van der Waals surface area contributed by atoms with Crippen LogP contribution in [-0.4, -0.2) is 83.5 Å². The van der Waals surface area contributed by atoms with Gasteiger partial charge in [0.25, 0.3) is 5.41 Å². The largest absolute Gasteiger partial charge is 0.412 e. The maximum atomic E-state index is 14.1. The summed E-state index contributed by atoms with van der Waals surface area (Å²) in [5, 5.41) is 0. The Kier molecular flexibility index (Phi) is 10.0. The molecule has 212 valence electrons. The summed E-state index contributed by atoms with van der Waals surface area (Å²) in [5.41, 5.74) is -6.96. The highest BCUT2D eigenvalue weighted by atomic mass is 32.2. The Labute approximate surface area is 191 Å². The molecule has 4 nitrogen and oxygen atoms in total. The van der Waals surface area contributed by atoms with Crippen LogP contribution in [0.15, 0.2) is 0 Å². The molecule has 1 unspecified atom stereocenters. The lowest BCUT2D eigenvalue weighted by molar-refractivity contribution is -0.869. The quantitative estimate of drug-likeness (QED) is 0.271. The first-order valence-corrected chi connectivity index (χ1v) is 11.1. The molecular formula is C16H23F14N2O2S+. The molecule has 0 aromatic carbocycles. The van der Waals surface area contributed by atoms with E-state index in [9.17, 15) is 69.9 Å². The fourth-order valence-electron chi connectivity index (χ4n) is 2.86. The van der Waals surface area contributed by atoms with E-state index in [2.05, 4.69) is 0 Å². The molecule has 0 aromatic heterocycles. The van der Waals surface area contributed by atoms with Gasteiger partial charge in [0.2, 0.25) is 15.9 Å². The number of sulfonamides is 1. The molecule has 0 aliphatic carbocycles. The average molecular weight is 573 g/mol. The van der Waals surface area contributed by atoms with E-state index in [0.29, 0.717) is 0 Å². The van der Waals surface area contributed by atoms with Crippen molar-refractivity contribution in [3.63, 3.8) is 0 Å². The Morgan fingerprint density at radius 2 is 1.11 bits per heavy atom. The minimum atomic E-state index is -7.37. The molecule has 35 heavy (non-hydrogen) atoms. The third-order valence-electron chi connectivity index (χ3n) is 4.85. The summed E-state index contributed by atoms with van der Waals surface area (Å²) in [6.07, 6.45) is -37.3. The highest BCUT2D eigenvalue weighted by Crippen LogP contribution is 2.64. The van der Waals surface area contributed by atoms with Crippen LogP contribution in [0, 0.1) is 11.3 Å². The van der Waals surface area contributed by atoms with Crippen LogP contribution < -0.4 is 4.72 Å². The highest BCUT2D eigenvalue weighted by molar-refractivity contribution is 7.89. The maximum Gasteiger partial charge on any atom is 0.412 e. The van der Waals surface area contributed by atoms with Crippen LogP contribution in [0.4, 0.5) is 61.5 Å². The van der Waals surface area contributed by atoms with Crippen molar-refractivity contribution in [3.8, 4) is 0 Å². The zero-order chi connectivity index (χ0) is 28.5. The molecule has 0 radical (unpaired) electrons. The molecule has 0 amide bonds. The highest BCUT2D eigenvalue weighted by Gasteiger charge is 2.84. The molecule has 0 saturated heterocycles. The molecule has 0 aromatic rings. The Hall–Kier alpha value is -1.11. The van der Waals surface area contributed by atoms with Gasteiger partial charge in [-0.2, -0.15) is 52.7 Å². The van der Waals surface area contributed by atoms with E-state index in [1.165, 1.54) is 0 Å². The minimum absolute atomic E-state index is 0.125. The van der Waals surface area contributed by atoms with Crippen LogP contribution in [0.3, 0.4) is 0 Å². The van der Waals surface area contributed by atoms with Gasteiger partial charge in [-0.05, 0) is 6.42 Å². The fourth-order valence-corrected chi connectivity index (χ4v) is 3.97. The zero-order valence-corrected chi connectivity index (χ0v) is 19.1. The molecule has 1 N–H and O–H groups in total. The van der Waals surface area contributed by atoms with Crippen molar-refractivity contribution in [2.45, 2.75) is 49.9 Å². The normalized spacial score (nSPS) is 16.5. The van der Waals surface area contributed by atoms with E-state index < -0.39 is 77.0 Å². The second-order valence-corrected chi connectivity index (χ2v) is 10.8. The Morgan fingerprint density at radius 1 is 0.714 bits per heavy atom. The Morgan fingerprint density at radius 3 is 1.43 bits per heavy atom. The molecule has 0 heterocycles. The third kappa shape index (κ3) is 9.70. The van der Waals surface area contributed by atoms with Gasteiger partial charge in [0, 0.05) is 12.8 Å². The van der Waals surface area contributed by atoms with Crippen molar-refractivity contribution in [2.75, 3.05) is 40.0 Å². The summed E-state index contributed by atoms with van der Waals surface area (Å²) in [5.74, 6) is -10.9. The van der Waals surface area contributed by atoms with Gasteiger partial charge in [0.1, 0.15) is 0 Å². The zero-order valence-electron chi connectivity index (χ0n) is 18.3. The van der Waals surface area contributed by atoms with Crippen molar-refractivity contribution in [2.24, 2.45) is 11.3 Å². The van der Waals surface area contributed by atoms with Crippen LogP contribution >= 0.6 is 0 Å². The summed E-state index contributed by atoms with van der Waals surface area (Å²) in [4.78, 5) is 0. The minimum Gasteiger partial charge on any atom is -0.330 e. The van der Waals surface area contributed by atoms with Crippen molar-refractivity contribution in [3.05, 3.63) is 0 Å². The number of rotatable bonds is 11. The Bertz CT molecular complexity index is 755. The average Bonchev–Trinajstić information content (AvgIpc) is 2.50. The summed E-state index contributed by atoms with van der Waals surface area (Å²) in [6, 6.07) is 0. The second-order valence-electron chi connectivity index (χ2n) is 8.88. The number of hydrogen-bond acceptors (Lipinski definition) is 2.